The molecule has 5 heteroatoms. The molecule has 0 spiro atoms. The molecule has 0 saturated heterocycles. The Morgan fingerprint density at radius 1 is 1.28 bits per heavy atom. The molecule has 0 amide bonds. The Bertz CT molecular complexity index is 539. The Morgan fingerprint density at radius 3 is 3.00 bits per heavy atom. The minimum Gasteiger partial charge on any atom is -0.312 e. The lowest BCUT2D eigenvalue weighted by Gasteiger charge is -2.19. The molecule has 2 aromatic heterocycles. The van der Waals surface area contributed by atoms with Gasteiger partial charge in [-0.1, -0.05) is 6.07 Å². The maximum atomic E-state index is 4.67. The quantitative estimate of drug-likeness (QED) is 0.658. The van der Waals surface area contributed by atoms with Crippen molar-refractivity contribution in [3.63, 3.8) is 0 Å². The number of nitrogens with zero attached hydrogens (tertiary/aromatic N) is 3. The van der Waals surface area contributed by atoms with Gasteiger partial charge in [-0.25, -0.2) is 9.97 Å². The molecule has 1 N–H and O–H groups in total. The zero-order valence-corrected chi connectivity index (χ0v) is 11.0. The van der Waals surface area contributed by atoms with Crippen molar-refractivity contribution in [3.8, 4) is 11.5 Å². The minimum atomic E-state index is 0.737. The normalized spacial score (nSPS) is 14.3. The summed E-state index contributed by atoms with van der Waals surface area (Å²) >= 11 is 1.67. The second-order valence-electron chi connectivity index (χ2n) is 4.12. The topological polar surface area (TPSA) is 50.7 Å². The molecule has 0 unspecified atom stereocenters. The zero-order chi connectivity index (χ0) is 12.4. The van der Waals surface area contributed by atoms with Crippen molar-refractivity contribution in [1.29, 1.82) is 0 Å². The fourth-order valence-corrected chi connectivity index (χ4v) is 2.70. The summed E-state index contributed by atoms with van der Waals surface area (Å²) in [7, 11) is 0. The third-order valence-electron chi connectivity index (χ3n) is 2.98. The number of rotatable bonds is 2. The second kappa shape index (κ2) is 5.04. The third-order valence-corrected chi connectivity index (χ3v) is 3.71. The number of thioether (sulfide) groups is 1. The highest BCUT2D eigenvalue weighted by Crippen LogP contribution is 2.25. The molecule has 4 nitrogen and oxygen atoms in total. The van der Waals surface area contributed by atoms with E-state index in [0.29, 0.717) is 0 Å². The van der Waals surface area contributed by atoms with E-state index in [1.54, 1.807) is 18.0 Å². The molecule has 92 valence electrons. The molecule has 1 aliphatic heterocycles. The molecule has 0 bridgehead atoms. The summed E-state index contributed by atoms with van der Waals surface area (Å²) in [4.78, 5) is 13.6. The van der Waals surface area contributed by atoms with E-state index in [0.717, 1.165) is 41.7 Å². The Labute approximate surface area is 110 Å². The molecule has 2 aromatic rings. The monoisotopic (exact) mass is 258 g/mol. The number of pyridine rings is 1. The van der Waals surface area contributed by atoms with Crippen LogP contribution in [0.5, 0.6) is 0 Å². The lowest BCUT2D eigenvalue weighted by Crippen LogP contribution is -2.26. The van der Waals surface area contributed by atoms with Crippen molar-refractivity contribution >= 4 is 11.8 Å². The predicted molar refractivity (Wildman–Crippen MR) is 72.5 cm³/mol. The first-order chi connectivity index (χ1) is 8.88. The summed E-state index contributed by atoms with van der Waals surface area (Å²) in [6.07, 6.45) is 4.79. The summed E-state index contributed by atoms with van der Waals surface area (Å²) in [5.74, 6) is 0.737. The molecule has 0 atom stereocenters. The van der Waals surface area contributed by atoms with Gasteiger partial charge < -0.3 is 5.32 Å². The van der Waals surface area contributed by atoms with Gasteiger partial charge >= 0.3 is 0 Å². The molecule has 0 aliphatic carbocycles. The molecular weight excluding hydrogens is 244 g/mol. The molecule has 0 radical (unpaired) electrons. The van der Waals surface area contributed by atoms with Crippen molar-refractivity contribution in [2.24, 2.45) is 0 Å². The molecular formula is C13H14N4S. The van der Waals surface area contributed by atoms with E-state index < -0.39 is 0 Å². The van der Waals surface area contributed by atoms with Gasteiger partial charge in [0.05, 0.1) is 5.69 Å². The van der Waals surface area contributed by atoms with Gasteiger partial charge in [0.25, 0.3) is 0 Å². The van der Waals surface area contributed by atoms with Gasteiger partial charge in [-0.05, 0) is 18.4 Å². The highest BCUT2D eigenvalue weighted by Gasteiger charge is 2.17. The molecule has 0 saturated carbocycles. The van der Waals surface area contributed by atoms with Gasteiger partial charge in [0.2, 0.25) is 0 Å². The summed E-state index contributed by atoms with van der Waals surface area (Å²) in [5.41, 5.74) is 3.25. The summed E-state index contributed by atoms with van der Waals surface area (Å²) in [5, 5.41) is 4.43. The number of aromatic nitrogens is 3. The van der Waals surface area contributed by atoms with Gasteiger partial charge in [-0.3, -0.25) is 4.98 Å². The van der Waals surface area contributed by atoms with E-state index in [4.69, 9.17) is 0 Å². The molecule has 18 heavy (non-hydrogen) atoms. The first-order valence-electron chi connectivity index (χ1n) is 5.94. The maximum Gasteiger partial charge on any atom is 0.179 e. The van der Waals surface area contributed by atoms with Crippen LogP contribution < -0.4 is 5.32 Å². The van der Waals surface area contributed by atoms with Crippen LogP contribution in [0, 0.1) is 0 Å². The standard InChI is InChI=1S/C13H14N4S/c1-18-13-9-8-14-7-5-10(9)16-12(17-13)11-4-2-3-6-15-11/h2-4,6,14H,5,7-8H2,1H3. The van der Waals surface area contributed by atoms with Crippen molar-refractivity contribution in [3.05, 3.63) is 35.7 Å². The summed E-state index contributed by atoms with van der Waals surface area (Å²) < 4.78 is 0. The van der Waals surface area contributed by atoms with E-state index in [1.165, 1.54) is 5.56 Å². The highest BCUT2D eigenvalue weighted by atomic mass is 32.2. The number of fused-ring (bicyclic) bond motifs is 1. The van der Waals surface area contributed by atoms with Gasteiger partial charge in [-0.2, -0.15) is 0 Å². The smallest absolute Gasteiger partial charge is 0.179 e. The van der Waals surface area contributed by atoms with Crippen molar-refractivity contribution in [2.45, 2.75) is 18.0 Å². The number of hydrogen-bond acceptors (Lipinski definition) is 5. The molecule has 1 aliphatic rings. The van der Waals surface area contributed by atoms with Crippen LogP contribution in [0.25, 0.3) is 11.5 Å². The van der Waals surface area contributed by atoms with Gasteiger partial charge in [0.1, 0.15) is 10.7 Å². The Balaban J connectivity index is 2.12. The van der Waals surface area contributed by atoms with Crippen LogP contribution in [-0.2, 0) is 13.0 Å². The fraction of sp³-hybridized carbons (Fsp3) is 0.308. The summed E-state index contributed by atoms with van der Waals surface area (Å²) in [6, 6.07) is 5.82. The minimum absolute atomic E-state index is 0.737. The highest BCUT2D eigenvalue weighted by molar-refractivity contribution is 7.98. The third kappa shape index (κ3) is 2.11. The fourth-order valence-electron chi connectivity index (χ4n) is 2.09. The van der Waals surface area contributed by atoms with Crippen molar-refractivity contribution < 1.29 is 0 Å². The first kappa shape index (κ1) is 11.6. The molecule has 0 fully saturated rings. The Hall–Kier alpha value is -1.46. The molecule has 0 aromatic carbocycles. The van der Waals surface area contributed by atoms with Crippen LogP contribution in [0.3, 0.4) is 0 Å². The summed E-state index contributed by atoms with van der Waals surface area (Å²) in [6.45, 7) is 1.85. The largest absolute Gasteiger partial charge is 0.312 e. The zero-order valence-electron chi connectivity index (χ0n) is 10.2. The second-order valence-corrected chi connectivity index (χ2v) is 4.92. The molecule has 3 rings (SSSR count). The first-order valence-corrected chi connectivity index (χ1v) is 7.17. The predicted octanol–water partition coefficient (Wildman–Crippen LogP) is 1.91. The number of nitrogens with one attached hydrogen (secondary N) is 1. The van der Waals surface area contributed by atoms with E-state index in [-0.39, 0.29) is 0 Å². The van der Waals surface area contributed by atoms with Crippen LogP contribution in [0.4, 0.5) is 0 Å². The SMILES string of the molecule is CSc1nc(-c2ccccn2)nc2c1CNCC2. The van der Waals surface area contributed by atoms with Gasteiger partial charge in [0.15, 0.2) is 5.82 Å². The van der Waals surface area contributed by atoms with Crippen molar-refractivity contribution in [2.75, 3.05) is 12.8 Å². The number of hydrogen-bond donors (Lipinski definition) is 1. The van der Waals surface area contributed by atoms with Gasteiger partial charge in [-0.15, -0.1) is 11.8 Å². The van der Waals surface area contributed by atoms with E-state index in [2.05, 4.69) is 26.5 Å². The van der Waals surface area contributed by atoms with E-state index in [9.17, 15) is 0 Å². The maximum absolute atomic E-state index is 4.67. The lowest BCUT2D eigenvalue weighted by molar-refractivity contribution is 0.612. The van der Waals surface area contributed by atoms with E-state index in [1.807, 2.05) is 18.2 Å². The van der Waals surface area contributed by atoms with Crippen LogP contribution >= 0.6 is 11.8 Å². The van der Waals surface area contributed by atoms with Crippen LogP contribution in [-0.4, -0.2) is 27.8 Å². The average molecular weight is 258 g/mol. The van der Waals surface area contributed by atoms with Crippen LogP contribution in [0.2, 0.25) is 0 Å². The average Bonchev–Trinajstić information content (AvgIpc) is 2.47. The Kier molecular flexibility index (Phi) is 3.25. The Morgan fingerprint density at radius 2 is 2.22 bits per heavy atom. The van der Waals surface area contributed by atoms with E-state index >= 15 is 0 Å². The van der Waals surface area contributed by atoms with Gasteiger partial charge in [0, 0.05) is 31.3 Å². The van der Waals surface area contributed by atoms with Crippen LogP contribution in [0.1, 0.15) is 11.3 Å². The molecule has 3 heterocycles. The lowest BCUT2D eigenvalue weighted by atomic mass is 10.1. The van der Waals surface area contributed by atoms with Crippen LogP contribution in [0.15, 0.2) is 29.4 Å². The van der Waals surface area contributed by atoms with Crippen molar-refractivity contribution in [1.82, 2.24) is 20.3 Å².